The molecule has 0 aliphatic heterocycles. The first-order chi connectivity index (χ1) is 9.26. The third kappa shape index (κ3) is 2.51. The topological polar surface area (TPSA) is 65.1 Å². The summed E-state index contributed by atoms with van der Waals surface area (Å²) in [5.74, 6) is 6.55. The molecule has 104 valence electrons. The van der Waals surface area contributed by atoms with Crippen molar-refractivity contribution in [3.05, 3.63) is 33.8 Å². The van der Waals surface area contributed by atoms with Gasteiger partial charge in [0.15, 0.2) is 5.75 Å². The molecule has 5 nitrogen and oxygen atoms in total. The van der Waals surface area contributed by atoms with Gasteiger partial charge in [0, 0.05) is 11.4 Å². The van der Waals surface area contributed by atoms with Crippen LogP contribution in [0.5, 0.6) is 5.75 Å². The van der Waals surface area contributed by atoms with E-state index in [1.807, 2.05) is 4.68 Å². The zero-order valence-electron chi connectivity index (χ0n) is 11.5. The number of hydrogen-bond acceptors (Lipinski definition) is 5. The molecule has 0 fully saturated rings. The number of aryl methyl sites for hydroxylation is 2. The van der Waals surface area contributed by atoms with Crippen LogP contribution in [0.15, 0.2) is 17.6 Å². The van der Waals surface area contributed by atoms with Crippen molar-refractivity contribution in [1.29, 1.82) is 0 Å². The van der Waals surface area contributed by atoms with E-state index in [1.165, 1.54) is 10.4 Å². The first-order valence-corrected chi connectivity index (χ1v) is 7.26. The van der Waals surface area contributed by atoms with Crippen LogP contribution in [0, 0.1) is 0 Å². The van der Waals surface area contributed by atoms with E-state index in [1.54, 1.807) is 24.6 Å². The third-order valence-corrected chi connectivity index (χ3v) is 4.25. The van der Waals surface area contributed by atoms with E-state index in [9.17, 15) is 0 Å². The molecule has 0 spiro atoms. The first kappa shape index (κ1) is 14.0. The number of hydrazine groups is 1. The predicted octanol–water partition coefficient (Wildman–Crippen LogP) is 2.09. The zero-order valence-corrected chi connectivity index (χ0v) is 12.3. The monoisotopic (exact) mass is 280 g/mol. The second-order valence-corrected chi connectivity index (χ2v) is 5.12. The molecule has 6 heteroatoms. The van der Waals surface area contributed by atoms with Crippen molar-refractivity contribution in [3.63, 3.8) is 0 Å². The predicted molar refractivity (Wildman–Crippen MR) is 77.3 cm³/mol. The molecule has 0 aromatic carbocycles. The standard InChI is InChI=1S/C13H20N4OS/c1-4-9-6-7-19-13(9)11(16-14)12-10(18-3)8-15-17(12)5-2/h6-8,11,16H,4-5,14H2,1-3H3. The lowest BCUT2D eigenvalue weighted by atomic mass is 10.1. The van der Waals surface area contributed by atoms with Crippen molar-refractivity contribution in [2.24, 2.45) is 5.84 Å². The number of methoxy groups -OCH3 is 1. The van der Waals surface area contributed by atoms with E-state index in [0.717, 1.165) is 24.4 Å². The molecule has 3 N–H and O–H groups in total. The second-order valence-electron chi connectivity index (χ2n) is 4.18. The highest BCUT2D eigenvalue weighted by Gasteiger charge is 2.24. The maximum atomic E-state index is 5.79. The molecular weight excluding hydrogens is 260 g/mol. The molecule has 0 amide bonds. The summed E-state index contributed by atoms with van der Waals surface area (Å²) in [5, 5.41) is 6.44. The molecule has 0 aliphatic rings. The Morgan fingerprint density at radius 1 is 1.53 bits per heavy atom. The normalized spacial score (nSPS) is 12.6. The van der Waals surface area contributed by atoms with Gasteiger partial charge in [0.1, 0.15) is 11.7 Å². The van der Waals surface area contributed by atoms with Crippen LogP contribution < -0.4 is 16.0 Å². The maximum absolute atomic E-state index is 5.79. The third-order valence-electron chi connectivity index (χ3n) is 3.23. The SMILES string of the molecule is CCc1ccsc1C(NN)c1c(OC)cnn1CC. The molecule has 19 heavy (non-hydrogen) atoms. The molecule has 0 saturated carbocycles. The average molecular weight is 280 g/mol. The summed E-state index contributed by atoms with van der Waals surface area (Å²) in [6, 6.07) is 2.05. The first-order valence-electron chi connectivity index (χ1n) is 6.38. The van der Waals surface area contributed by atoms with Crippen molar-refractivity contribution >= 4 is 11.3 Å². The zero-order chi connectivity index (χ0) is 13.8. The summed E-state index contributed by atoms with van der Waals surface area (Å²) < 4.78 is 7.33. The largest absolute Gasteiger partial charge is 0.493 e. The number of hydrogen-bond donors (Lipinski definition) is 2. The maximum Gasteiger partial charge on any atom is 0.162 e. The quantitative estimate of drug-likeness (QED) is 0.628. The minimum atomic E-state index is -0.0904. The van der Waals surface area contributed by atoms with Crippen molar-refractivity contribution in [2.45, 2.75) is 32.9 Å². The number of nitrogens with two attached hydrogens (primary N) is 1. The number of nitrogens with zero attached hydrogens (tertiary/aromatic N) is 2. The summed E-state index contributed by atoms with van der Waals surface area (Å²) >= 11 is 1.70. The highest BCUT2D eigenvalue weighted by atomic mass is 32.1. The second kappa shape index (κ2) is 6.18. The van der Waals surface area contributed by atoms with Gasteiger partial charge in [-0.3, -0.25) is 10.5 Å². The molecular formula is C13H20N4OS. The van der Waals surface area contributed by atoms with Crippen molar-refractivity contribution in [2.75, 3.05) is 7.11 Å². The van der Waals surface area contributed by atoms with Crippen LogP contribution >= 0.6 is 11.3 Å². The number of nitrogens with one attached hydrogen (secondary N) is 1. The van der Waals surface area contributed by atoms with E-state index in [2.05, 4.69) is 35.8 Å². The molecule has 2 rings (SSSR count). The fourth-order valence-corrected chi connectivity index (χ4v) is 3.31. The van der Waals surface area contributed by atoms with Crippen molar-refractivity contribution in [1.82, 2.24) is 15.2 Å². The van der Waals surface area contributed by atoms with Gasteiger partial charge < -0.3 is 4.74 Å². The van der Waals surface area contributed by atoms with Crippen LogP contribution in [0.25, 0.3) is 0 Å². The van der Waals surface area contributed by atoms with E-state index >= 15 is 0 Å². The van der Waals surface area contributed by atoms with Gasteiger partial charge in [-0.15, -0.1) is 11.3 Å². The molecule has 0 bridgehead atoms. The minimum absolute atomic E-state index is 0.0904. The molecule has 1 atom stereocenters. The lowest BCUT2D eigenvalue weighted by Crippen LogP contribution is -2.31. The highest BCUT2D eigenvalue weighted by molar-refractivity contribution is 7.10. The van der Waals surface area contributed by atoms with E-state index < -0.39 is 0 Å². The summed E-state index contributed by atoms with van der Waals surface area (Å²) in [4.78, 5) is 1.22. The molecule has 0 aliphatic carbocycles. The number of ether oxygens (including phenoxy) is 1. The van der Waals surface area contributed by atoms with Gasteiger partial charge in [-0.05, 0) is 30.4 Å². The van der Waals surface area contributed by atoms with E-state index in [0.29, 0.717) is 0 Å². The Hall–Kier alpha value is -1.37. The van der Waals surface area contributed by atoms with Crippen molar-refractivity contribution in [3.8, 4) is 5.75 Å². The molecule has 2 aromatic heterocycles. The van der Waals surface area contributed by atoms with E-state index in [-0.39, 0.29) is 6.04 Å². The highest BCUT2D eigenvalue weighted by Crippen LogP contribution is 2.34. The smallest absolute Gasteiger partial charge is 0.162 e. The van der Waals surface area contributed by atoms with Gasteiger partial charge in [0.25, 0.3) is 0 Å². The summed E-state index contributed by atoms with van der Waals surface area (Å²) in [7, 11) is 1.66. The molecule has 1 unspecified atom stereocenters. The van der Waals surface area contributed by atoms with Gasteiger partial charge in [-0.25, -0.2) is 5.43 Å². The molecule has 2 aromatic rings. The molecule has 2 heterocycles. The van der Waals surface area contributed by atoms with Gasteiger partial charge in [-0.1, -0.05) is 6.92 Å². The minimum Gasteiger partial charge on any atom is -0.493 e. The lowest BCUT2D eigenvalue weighted by Gasteiger charge is -2.19. The van der Waals surface area contributed by atoms with Crippen LogP contribution in [0.2, 0.25) is 0 Å². The van der Waals surface area contributed by atoms with Gasteiger partial charge in [0.05, 0.1) is 13.3 Å². The fourth-order valence-electron chi connectivity index (χ4n) is 2.25. The average Bonchev–Trinajstić information content (AvgIpc) is 3.06. The Kier molecular flexibility index (Phi) is 4.57. The summed E-state index contributed by atoms with van der Waals surface area (Å²) in [6.45, 7) is 4.98. The van der Waals surface area contributed by atoms with Gasteiger partial charge in [-0.2, -0.15) is 5.10 Å². The summed E-state index contributed by atoms with van der Waals surface area (Å²) in [5.41, 5.74) is 5.18. The van der Waals surface area contributed by atoms with Crippen LogP contribution in [0.4, 0.5) is 0 Å². The van der Waals surface area contributed by atoms with Crippen LogP contribution in [-0.4, -0.2) is 16.9 Å². The number of aromatic nitrogens is 2. The number of rotatable bonds is 6. The van der Waals surface area contributed by atoms with Crippen LogP contribution in [0.3, 0.4) is 0 Å². The molecule has 0 saturated heterocycles. The van der Waals surface area contributed by atoms with Crippen molar-refractivity contribution < 1.29 is 4.74 Å². The van der Waals surface area contributed by atoms with E-state index in [4.69, 9.17) is 10.6 Å². The summed E-state index contributed by atoms with van der Waals surface area (Å²) in [6.07, 6.45) is 2.72. The lowest BCUT2D eigenvalue weighted by molar-refractivity contribution is 0.400. The Labute approximate surface area is 117 Å². The number of thiophene rings is 1. The van der Waals surface area contributed by atoms with Gasteiger partial charge >= 0.3 is 0 Å². The van der Waals surface area contributed by atoms with Crippen LogP contribution in [-0.2, 0) is 13.0 Å². The van der Waals surface area contributed by atoms with Crippen LogP contribution in [0.1, 0.15) is 36.0 Å². The Balaban J connectivity index is 2.50. The Bertz CT molecular complexity index is 513. The Morgan fingerprint density at radius 3 is 2.89 bits per heavy atom. The fraction of sp³-hybridized carbons (Fsp3) is 0.462. The molecule has 0 radical (unpaired) electrons. The Morgan fingerprint density at radius 2 is 2.32 bits per heavy atom. The van der Waals surface area contributed by atoms with Gasteiger partial charge in [0.2, 0.25) is 0 Å².